The first-order valence-electron chi connectivity index (χ1n) is 9.57. The quantitative estimate of drug-likeness (QED) is 0.662. The first kappa shape index (κ1) is 22.2. The van der Waals surface area contributed by atoms with Crippen LogP contribution in [0.2, 0.25) is 0 Å². The molecular weight excluding hydrogens is 376 g/mol. The molecule has 1 unspecified atom stereocenters. The van der Waals surface area contributed by atoms with Gasteiger partial charge in [-0.2, -0.15) is 0 Å². The molecule has 1 heterocycles. The molecule has 3 N–H and O–H groups in total. The van der Waals surface area contributed by atoms with Gasteiger partial charge in [-0.3, -0.25) is 4.79 Å². The van der Waals surface area contributed by atoms with Gasteiger partial charge in [0.25, 0.3) is 0 Å². The van der Waals surface area contributed by atoms with Crippen LogP contribution in [0, 0.1) is 5.92 Å². The predicted octanol–water partition coefficient (Wildman–Crippen LogP) is 3.23. The minimum Gasteiger partial charge on any atom is -0.489 e. The lowest BCUT2D eigenvalue weighted by molar-refractivity contribution is -0.126. The molecule has 0 aliphatic carbocycles. The highest BCUT2D eigenvalue weighted by atomic mass is 35.5. The van der Waals surface area contributed by atoms with Gasteiger partial charge in [-0.1, -0.05) is 42.5 Å². The van der Waals surface area contributed by atoms with Crippen LogP contribution in [0.4, 0.5) is 0 Å². The Kier molecular flexibility index (Phi) is 8.77. The molecular formula is C22H29ClN2O3. The molecule has 1 aliphatic heterocycles. The molecule has 28 heavy (non-hydrogen) atoms. The molecule has 0 aromatic heterocycles. The summed E-state index contributed by atoms with van der Waals surface area (Å²) in [5, 5.41) is 16.7. The number of hydrogen-bond donors (Lipinski definition) is 3. The minimum atomic E-state index is -0.756. The van der Waals surface area contributed by atoms with Crippen molar-refractivity contribution in [2.24, 2.45) is 5.92 Å². The van der Waals surface area contributed by atoms with E-state index in [1.54, 1.807) is 0 Å². The van der Waals surface area contributed by atoms with Crippen molar-refractivity contribution >= 4 is 18.3 Å². The Labute approximate surface area is 172 Å². The van der Waals surface area contributed by atoms with E-state index < -0.39 is 6.10 Å². The van der Waals surface area contributed by atoms with Crippen molar-refractivity contribution in [3.8, 4) is 5.75 Å². The number of piperidine rings is 1. The van der Waals surface area contributed by atoms with Gasteiger partial charge >= 0.3 is 0 Å². The van der Waals surface area contributed by atoms with Gasteiger partial charge in [0.2, 0.25) is 5.91 Å². The van der Waals surface area contributed by atoms with E-state index in [2.05, 4.69) is 17.6 Å². The van der Waals surface area contributed by atoms with Gasteiger partial charge < -0.3 is 20.5 Å². The van der Waals surface area contributed by atoms with Crippen molar-refractivity contribution < 1.29 is 14.6 Å². The van der Waals surface area contributed by atoms with Gasteiger partial charge in [-0.05, 0) is 49.6 Å². The summed E-state index contributed by atoms with van der Waals surface area (Å²) < 4.78 is 5.81. The summed E-state index contributed by atoms with van der Waals surface area (Å²) in [5.41, 5.74) is 1.83. The third-order valence-corrected chi connectivity index (χ3v) is 4.96. The lowest BCUT2D eigenvalue weighted by atomic mass is 9.92. The fourth-order valence-electron chi connectivity index (χ4n) is 3.38. The van der Waals surface area contributed by atoms with Crippen molar-refractivity contribution in [2.45, 2.75) is 38.5 Å². The van der Waals surface area contributed by atoms with Crippen molar-refractivity contribution in [3.05, 3.63) is 65.7 Å². The van der Waals surface area contributed by atoms with Crippen LogP contribution in [-0.2, 0) is 11.4 Å². The first-order chi connectivity index (χ1) is 13.1. The largest absolute Gasteiger partial charge is 0.489 e. The molecule has 2 aromatic carbocycles. The van der Waals surface area contributed by atoms with E-state index in [4.69, 9.17) is 4.74 Å². The van der Waals surface area contributed by atoms with Gasteiger partial charge in [0.15, 0.2) is 0 Å². The molecule has 0 radical (unpaired) electrons. The molecule has 0 saturated carbocycles. The zero-order valence-electron chi connectivity index (χ0n) is 16.1. The van der Waals surface area contributed by atoms with Crippen LogP contribution in [0.3, 0.4) is 0 Å². The Hall–Kier alpha value is -2.08. The summed E-state index contributed by atoms with van der Waals surface area (Å²) in [6.45, 7) is 3.64. The number of carbonyl (C=O) groups is 1. The predicted molar refractivity (Wildman–Crippen MR) is 113 cm³/mol. The van der Waals surface area contributed by atoms with Crippen LogP contribution in [0.15, 0.2) is 54.6 Å². The van der Waals surface area contributed by atoms with E-state index in [1.807, 2.05) is 54.6 Å². The fourth-order valence-corrected chi connectivity index (χ4v) is 3.38. The number of amides is 1. The topological polar surface area (TPSA) is 70.6 Å². The number of aliphatic hydroxyl groups excluding tert-OH is 1. The highest BCUT2D eigenvalue weighted by Crippen LogP contribution is 2.21. The van der Waals surface area contributed by atoms with Crippen LogP contribution < -0.4 is 15.4 Å². The molecule has 0 bridgehead atoms. The molecule has 1 amide bonds. The Balaban J connectivity index is 0.00000280. The third kappa shape index (κ3) is 6.51. The molecule has 6 heteroatoms. The van der Waals surface area contributed by atoms with E-state index in [0.717, 1.165) is 30.5 Å². The molecule has 1 fully saturated rings. The van der Waals surface area contributed by atoms with Crippen molar-refractivity contribution in [1.82, 2.24) is 10.6 Å². The Morgan fingerprint density at radius 3 is 2.79 bits per heavy atom. The number of hydrogen-bond acceptors (Lipinski definition) is 4. The molecule has 0 spiro atoms. The lowest BCUT2D eigenvalue weighted by Gasteiger charge is -2.27. The molecule has 152 valence electrons. The van der Waals surface area contributed by atoms with Crippen LogP contribution in [0.25, 0.3) is 0 Å². The van der Waals surface area contributed by atoms with Gasteiger partial charge in [-0.25, -0.2) is 0 Å². The maximum atomic E-state index is 12.3. The Bertz CT molecular complexity index is 742. The second-order valence-corrected chi connectivity index (χ2v) is 7.18. The first-order valence-corrected chi connectivity index (χ1v) is 9.57. The second-order valence-electron chi connectivity index (χ2n) is 7.18. The number of nitrogens with one attached hydrogen (secondary N) is 2. The molecule has 3 atom stereocenters. The normalized spacial score (nSPS) is 19.9. The van der Waals surface area contributed by atoms with E-state index >= 15 is 0 Å². The summed E-state index contributed by atoms with van der Waals surface area (Å²) in [4.78, 5) is 12.3. The van der Waals surface area contributed by atoms with Crippen LogP contribution in [0.5, 0.6) is 5.75 Å². The van der Waals surface area contributed by atoms with Gasteiger partial charge in [0.1, 0.15) is 12.4 Å². The number of halogens is 1. The van der Waals surface area contributed by atoms with Crippen LogP contribution >= 0.6 is 12.4 Å². The smallest absolute Gasteiger partial charge is 0.223 e. The zero-order chi connectivity index (χ0) is 19.1. The molecule has 1 aliphatic rings. The maximum Gasteiger partial charge on any atom is 0.223 e. The molecule has 3 rings (SSSR count). The van der Waals surface area contributed by atoms with E-state index in [9.17, 15) is 9.90 Å². The summed E-state index contributed by atoms with van der Waals surface area (Å²) in [6.07, 6.45) is 0.924. The molecule has 5 nitrogen and oxygen atoms in total. The fraction of sp³-hybridized carbons (Fsp3) is 0.409. The Morgan fingerprint density at radius 2 is 2.04 bits per heavy atom. The maximum absolute atomic E-state index is 12.3. The zero-order valence-corrected chi connectivity index (χ0v) is 17.0. The summed E-state index contributed by atoms with van der Waals surface area (Å²) >= 11 is 0. The summed E-state index contributed by atoms with van der Waals surface area (Å²) in [7, 11) is 0. The van der Waals surface area contributed by atoms with Crippen LogP contribution in [0.1, 0.15) is 37.0 Å². The molecule has 2 aromatic rings. The average Bonchev–Trinajstić information content (AvgIpc) is 2.71. The van der Waals surface area contributed by atoms with Crippen molar-refractivity contribution in [3.63, 3.8) is 0 Å². The van der Waals surface area contributed by atoms with Crippen LogP contribution in [-0.4, -0.2) is 30.1 Å². The minimum absolute atomic E-state index is 0. The van der Waals surface area contributed by atoms with Gasteiger partial charge in [0, 0.05) is 18.5 Å². The second kappa shape index (κ2) is 11.1. The van der Waals surface area contributed by atoms with Crippen molar-refractivity contribution in [2.75, 3.05) is 13.1 Å². The number of aliphatic hydroxyl groups is 1. The highest BCUT2D eigenvalue weighted by Gasteiger charge is 2.25. The standard InChI is InChI=1S/C22H28N2O3.ClH/c1-16-12-19(10-11-23-16)22(26)24-14-21(25)18-8-5-9-20(13-18)27-15-17-6-3-2-4-7-17;/h2-9,13,16,19,21,23,25H,10-12,14-15H2,1H3,(H,24,26);1H/t16-,19-,21?;/m0./s1. The summed E-state index contributed by atoms with van der Waals surface area (Å²) in [6, 6.07) is 17.7. The molecule has 1 saturated heterocycles. The third-order valence-electron chi connectivity index (χ3n) is 4.96. The number of rotatable bonds is 7. The number of benzene rings is 2. The number of carbonyl (C=O) groups excluding carboxylic acids is 1. The average molecular weight is 405 g/mol. The lowest BCUT2D eigenvalue weighted by Crippen LogP contribution is -2.43. The highest BCUT2D eigenvalue weighted by molar-refractivity contribution is 5.85. The van der Waals surface area contributed by atoms with Crippen molar-refractivity contribution in [1.29, 1.82) is 0 Å². The Morgan fingerprint density at radius 1 is 1.25 bits per heavy atom. The monoisotopic (exact) mass is 404 g/mol. The van der Waals surface area contributed by atoms with Gasteiger partial charge in [0.05, 0.1) is 6.10 Å². The SMILES string of the molecule is C[C@H]1C[C@@H](C(=O)NCC(O)c2cccc(OCc3ccccc3)c2)CCN1.Cl. The summed E-state index contributed by atoms with van der Waals surface area (Å²) in [5.74, 6) is 0.752. The number of ether oxygens (including phenoxy) is 1. The van der Waals surface area contributed by atoms with Gasteiger partial charge in [-0.15, -0.1) is 12.4 Å². The van der Waals surface area contributed by atoms with E-state index in [1.165, 1.54) is 0 Å². The van der Waals surface area contributed by atoms with E-state index in [0.29, 0.717) is 18.4 Å². The van der Waals surface area contributed by atoms with E-state index in [-0.39, 0.29) is 30.8 Å².